The van der Waals surface area contributed by atoms with Crippen molar-refractivity contribution in [2.24, 2.45) is 0 Å². The molecule has 1 aromatic rings. The molecule has 0 aliphatic carbocycles. The third-order valence-electron chi connectivity index (χ3n) is 3.88. The second-order valence-corrected chi connectivity index (χ2v) is 6.45. The molecule has 1 aliphatic rings. The van der Waals surface area contributed by atoms with E-state index < -0.39 is 0 Å². The first-order valence-corrected chi connectivity index (χ1v) is 7.10. The lowest BCUT2D eigenvalue weighted by atomic mass is 9.80. The van der Waals surface area contributed by atoms with E-state index in [-0.39, 0.29) is 11.1 Å². The molecule has 5 nitrogen and oxygen atoms in total. The summed E-state index contributed by atoms with van der Waals surface area (Å²) in [6.07, 6.45) is 5.18. The molecule has 0 aromatic carbocycles. The second-order valence-electron chi connectivity index (χ2n) is 6.45. The van der Waals surface area contributed by atoms with Gasteiger partial charge in [-0.05, 0) is 53.9 Å². The van der Waals surface area contributed by atoms with Crippen LogP contribution in [0.3, 0.4) is 0 Å². The van der Waals surface area contributed by atoms with Gasteiger partial charge in [0.05, 0.1) is 0 Å². The molecule has 0 amide bonds. The van der Waals surface area contributed by atoms with Crippen LogP contribution in [0.5, 0.6) is 0 Å². The van der Waals surface area contributed by atoms with Crippen molar-refractivity contribution < 1.29 is 0 Å². The van der Waals surface area contributed by atoms with Crippen LogP contribution in [-0.4, -0.2) is 32.6 Å². The lowest BCUT2D eigenvalue weighted by molar-refractivity contribution is 0.239. The number of nitrogens with zero attached hydrogens (tertiary/aromatic N) is 4. The summed E-state index contributed by atoms with van der Waals surface area (Å²) in [5.74, 6) is 1.44. The summed E-state index contributed by atoms with van der Waals surface area (Å²) in [6.45, 7) is 11.9. The van der Waals surface area contributed by atoms with Crippen LogP contribution in [0.2, 0.25) is 0 Å². The standard InChI is InChI=1S/C14H25N5/c1-6-15-11-16-10-17-12(18-11)19-13(2,3)8-7-9-14(19,4)5/h10H,6-9H2,1-5H3,(H,15,16,17,18). The maximum Gasteiger partial charge on any atom is 0.231 e. The molecule has 19 heavy (non-hydrogen) atoms. The van der Waals surface area contributed by atoms with Crippen molar-refractivity contribution in [2.45, 2.75) is 65.0 Å². The topological polar surface area (TPSA) is 53.9 Å². The molecule has 0 bridgehead atoms. The molecule has 2 heterocycles. The van der Waals surface area contributed by atoms with Crippen LogP contribution in [-0.2, 0) is 0 Å². The van der Waals surface area contributed by atoms with Gasteiger partial charge in [-0.25, -0.2) is 9.97 Å². The van der Waals surface area contributed by atoms with Gasteiger partial charge in [-0.15, -0.1) is 0 Å². The molecule has 1 N–H and O–H groups in total. The Labute approximate surface area is 115 Å². The van der Waals surface area contributed by atoms with Crippen LogP contribution in [0.4, 0.5) is 11.9 Å². The van der Waals surface area contributed by atoms with E-state index in [1.165, 1.54) is 19.3 Å². The van der Waals surface area contributed by atoms with Gasteiger partial charge in [0.25, 0.3) is 0 Å². The van der Waals surface area contributed by atoms with E-state index in [2.05, 4.69) is 52.9 Å². The Bertz CT molecular complexity index is 425. The summed E-state index contributed by atoms with van der Waals surface area (Å²) in [7, 11) is 0. The molecular weight excluding hydrogens is 238 g/mol. The zero-order valence-corrected chi connectivity index (χ0v) is 12.7. The van der Waals surface area contributed by atoms with Crippen molar-refractivity contribution in [3.63, 3.8) is 0 Å². The fraction of sp³-hybridized carbons (Fsp3) is 0.786. The third kappa shape index (κ3) is 2.80. The zero-order chi connectivity index (χ0) is 14.1. The molecule has 1 fully saturated rings. The number of rotatable bonds is 3. The molecule has 0 atom stereocenters. The minimum Gasteiger partial charge on any atom is -0.354 e. The van der Waals surface area contributed by atoms with Gasteiger partial charge >= 0.3 is 0 Å². The quantitative estimate of drug-likeness (QED) is 0.908. The predicted molar refractivity (Wildman–Crippen MR) is 78.5 cm³/mol. The fourth-order valence-corrected chi connectivity index (χ4v) is 3.18. The Kier molecular flexibility index (Phi) is 3.65. The van der Waals surface area contributed by atoms with Gasteiger partial charge in [-0.1, -0.05) is 0 Å². The zero-order valence-electron chi connectivity index (χ0n) is 12.7. The summed E-state index contributed by atoms with van der Waals surface area (Å²) < 4.78 is 0. The number of hydrogen-bond acceptors (Lipinski definition) is 5. The van der Waals surface area contributed by atoms with E-state index in [1.54, 1.807) is 6.33 Å². The Hall–Kier alpha value is -1.39. The number of anilines is 2. The molecule has 0 unspecified atom stereocenters. The Balaban J connectivity index is 2.39. The van der Waals surface area contributed by atoms with Crippen molar-refractivity contribution in [2.75, 3.05) is 16.8 Å². The van der Waals surface area contributed by atoms with Crippen molar-refractivity contribution in [3.05, 3.63) is 6.33 Å². The van der Waals surface area contributed by atoms with Gasteiger partial charge in [0.15, 0.2) is 0 Å². The SMILES string of the molecule is CCNc1ncnc(N2C(C)(C)CCCC2(C)C)n1. The van der Waals surface area contributed by atoms with Crippen LogP contribution in [0.15, 0.2) is 6.33 Å². The van der Waals surface area contributed by atoms with Crippen LogP contribution in [0.25, 0.3) is 0 Å². The van der Waals surface area contributed by atoms with Crippen LogP contribution < -0.4 is 10.2 Å². The summed E-state index contributed by atoms with van der Waals surface area (Å²) in [6, 6.07) is 0. The monoisotopic (exact) mass is 263 g/mol. The fourth-order valence-electron chi connectivity index (χ4n) is 3.18. The minimum atomic E-state index is 0.0760. The molecule has 0 spiro atoms. The number of piperidine rings is 1. The molecule has 0 radical (unpaired) electrons. The average Bonchev–Trinajstić information content (AvgIpc) is 2.27. The van der Waals surface area contributed by atoms with Crippen molar-refractivity contribution in [1.29, 1.82) is 0 Å². The molecular formula is C14H25N5. The molecule has 5 heteroatoms. The van der Waals surface area contributed by atoms with Gasteiger partial charge < -0.3 is 10.2 Å². The van der Waals surface area contributed by atoms with E-state index in [9.17, 15) is 0 Å². The van der Waals surface area contributed by atoms with E-state index >= 15 is 0 Å². The summed E-state index contributed by atoms with van der Waals surface area (Å²) >= 11 is 0. The smallest absolute Gasteiger partial charge is 0.231 e. The number of hydrogen-bond donors (Lipinski definition) is 1. The van der Waals surface area contributed by atoms with Gasteiger partial charge in [-0.3, -0.25) is 0 Å². The Morgan fingerprint density at radius 1 is 1.16 bits per heavy atom. The van der Waals surface area contributed by atoms with Gasteiger partial charge in [0, 0.05) is 17.6 Å². The maximum atomic E-state index is 4.57. The summed E-state index contributed by atoms with van der Waals surface area (Å²) in [5.41, 5.74) is 0.152. The van der Waals surface area contributed by atoms with Gasteiger partial charge in [0.2, 0.25) is 11.9 Å². The summed E-state index contributed by atoms with van der Waals surface area (Å²) in [4.78, 5) is 15.5. The lowest BCUT2D eigenvalue weighted by Crippen LogP contribution is -2.59. The first-order chi connectivity index (χ1) is 8.87. The Morgan fingerprint density at radius 2 is 1.79 bits per heavy atom. The normalized spacial score (nSPS) is 21.2. The van der Waals surface area contributed by atoms with Gasteiger partial charge in [0.1, 0.15) is 6.33 Å². The van der Waals surface area contributed by atoms with Crippen LogP contribution in [0, 0.1) is 0 Å². The average molecular weight is 263 g/mol. The molecule has 1 aliphatic heterocycles. The van der Waals surface area contributed by atoms with Crippen molar-refractivity contribution in [1.82, 2.24) is 15.0 Å². The highest BCUT2D eigenvalue weighted by molar-refractivity contribution is 5.42. The molecule has 0 saturated carbocycles. The first-order valence-electron chi connectivity index (χ1n) is 7.10. The highest BCUT2D eigenvalue weighted by atomic mass is 15.4. The lowest BCUT2D eigenvalue weighted by Gasteiger charge is -2.52. The molecule has 1 aromatic heterocycles. The molecule has 2 rings (SSSR count). The van der Waals surface area contributed by atoms with E-state index in [1.807, 2.05) is 6.92 Å². The van der Waals surface area contributed by atoms with E-state index in [0.29, 0.717) is 5.95 Å². The van der Waals surface area contributed by atoms with Crippen molar-refractivity contribution in [3.8, 4) is 0 Å². The van der Waals surface area contributed by atoms with Crippen molar-refractivity contribution >= 4 is 11.9 Å². The van der Waals surface area contributed by atoms with E-state index in [4.69, 9.17) is 0 Å². The Morgan fingerprint density at radius 3 is 2.37 bits per heavy atom. The molecule has 1 saturated heterocycles. The highest BCUT2D eigenvalue weighted by Gasteiger charge is 2.42. The largest absolute Gasteiger partial charge is 0.354 e. The second kappa shape index (κ2) is 4.94. The van der Waals surface area contributed by atoms with Crippen LogP contribution >= 0.6 is 0 Å². The van der Waals surface area contributed by atoms with Gasteiger partial charge in [-0.2, -0.15) is 4.98 Å². The summed E-state index contributed by atoms with van der Waals surface area (Å²) in [5, 5.41) is 3.15. The van der Waals surface area contributed by atoms with Crippen LogP contribution in [0.1, 0.15) is 53.9 Å². The maximum absolute atomic E-state index is 4.57. The molecule has 106 valence electrons. The number of nitrogens with one attached hydrogen (secondary N) is 1. The number of aromatic nitrogens is 3. The minimum absolute atomic E-state index is 0.0760. The first kappa shape index (κ1) is 14.0. The van der Waals surface area contributed by atoms with E-state index in [0.717, 1.165) is 12.5 Å². The predicted octanol–water partition coefficient (Wildman–Crippen LogP) is 2.85. The highest BCUT2D eigenvalue weighted by Crippen LogP contribution is 2.40. The third-order valence-corrected chi connectivity index (χ3v) is 3.88.